The van der Waals surface area contributed by atoms with Gasteiger partial charge < -0.3 is 15.2 Å². The predicted octanol–water partition coefficient (Wildman–Crippen LogP) is 3.94. The van der Waals surface area contributed by atoms with Crippen molar-refractivity contribution in [2.45, 2.75) is 27.3 Å². The summed E-state index contributed by atoms with van der Waals surface area (Å²) in [5.41, 5.74) is 6.03. The van der Waals surface area contributed by atoms with E-state index in [1.165, 1.54) is 22.3 Å². The lowest BCUT2D eigenvalue weighted by Crippen LogP contribution is -2.02. The molecule has 0 aliphatic rings. The van der Waals surface area contributed by atoms with Crippen molar-refractivity contribution in [2.75, 3.05) is 12.4 Å². The molecule has 2 N–H and O–H groups in total. The Labute approximate surface area is 120 Å². The zero-order valence-electron chi connectivity index (χ0n) is 12.4. The highest BCUT2D eigenvalue weighted by molar-refractivity contribution is 5.54. The normalized spacial score (nSPS) is 10.4. The zero-order chi connectivity index (χ0) is 14.7. The van der Waals surface area contributed by atoms with Crippen molar-refractivity contribution in [3.63, 3.8) is 0 Å². The predicted molar refractivity (Wildman–Crippen MR) is 82.6 cm³/mol. The van der Waals surface area contributed by atoms with Crippen molar-refractivity contribution in [2.24, 2.45) is 0 Å². The van der Waals surface area contributed by atoms with Crippen LogP contribution in [0.2, 0.25) is 0 Å². The molecule has 0 heterocycles. The van der Waals surface area contributed by atoms with Gasteiger partial charge in [-0.2, -0.15) is 0 Å². The Morgan fingerprint density at radius 2 is 1.70 bits per heavy atom. The molecule has 3 nitrogen and oxygen atoms in total. The first-order valence-electron chi connectivity index (χ1n) is 6.69. The van der Waals surface area contributed by atoms with Gasteiger partial charge in [0.1, 0.15) is 0 Å². The number of rotatable bonds is 4. The average Bonchev–Trinajstić information content (AvgIpc) is 2.41. The Bertz CT molecular complexity index is 621. The number of hydrogen-bond acceptors (Lipinski definition) is 3. The SMILES string of the molecule is COc1ccc(NCc2cc(C)c(C)cc2C)cc1O. The quantitative estimate of drug-likeness (QED) is 0.885. The van der Waals surface area contributed by atoms with Crippen molar-refractivity contribution in [3.05, 3.63) is 52.6 Å². The van der Waals surface area contributed by atoms with E-state index in [0.717, 1.165) is 12.2 Å². The molecule has 0 aromatic heterocycles. The van der Waals surface area contributed by atoms with Gasteiger partial charge in [0.25, 0.3) is 0 Å². The van der Waals surface area contributed by atoms with Crippen LogP contribution in [0.25, 0.3) is 0 Å². The monoisotopic (exact) mass is 271 g/mol. The smallest absolute Gasteiger partial charge is 0.160 e. The van der Waals surface area contributed by atoms with E-state index in [1.54, 1.807) is 19.2 Å². The minimum Gasteiger partial charge on any atom is -0.504 e. The molecule has 0 aliphatic carbocycles. The van der Waals surface area contributed by atoms with Crippen molar-refractivity contribution >= 4 is 5.69 Å². The molecule has 0 atom stereocenters. The van der Waals surface area contributed by atoms with Gasteiger partial charge in [-0.25, -0.2) is 0 Å². The number of aromatic hydroxyl groups is 1. The molecule has 0 radical (unpaired) electrons. The Morgan fingerprint density at radius 3 is 2.35 bits per heavy atom. The van der Waals surface area contributed by atoms with Crippen molar-refractivity contribution in [1.82, 2.24) is 0 Å². The third-order valence-corrected chi connectivity index (χ3v) is 3.61. The fraction of sp³-hybridized carbons (Fsp3) is 0.294. The summed E-state index contributed by atoms with van der Waals surface area (Å²) in [5.74, 6) is 0.632. The molecule has 0 spiro atoms. The van der Waals surface area contributed by atoms with Gasteiger partial charge >= 0.3 is 0 Å². The second-order valence-corrected chi connectivity index (χ2v) is 5.10. The maximum Gasteiger partial charge on any atom is 0.160 e. The summed E-state index contributed by atoms with van der Waals surface area (Å²) in [6, 6.07) is 9.74. The van der Waals surface area contributed by atoms with Crippen molar-refractivity contribution in [3.8, 4) is 11.5 Å². The molecule has 0 aliphatic heterocycles. The summed E-state index contributed by atoms with van der Waals surface area (Å²) < 4.78 is 5.03. The molecule has 0 amide bonds. The van der Waals surface area contributed by atoms with Gasteiger partial charge in [-0.05, 0) is 55.2 Å². The number of benzene rings is 2. The van der Waals surface area contributed by atoms with Crippen LogP contribution in [0.5, 0.6) is 11.5 Å². The van der Waals surface area contributed by atoms with Gasteiger partial charge in [0.05, 0.1) is 7.11 Å². The number of phenolic OH excluding ortho intramolecular Hbond substituents is 1. The molecule has 3 heteroatoms. The molecule has 2 rings (SSSR count). The van der Waals surface area contributed by atoms with E-state index in [0.29, 0.717) is 5.75 Å². The molecule has 0 saturated heterocycles. The highest BCUT2D eigenvalue weighted by Gasteiger charge is 2.04. The number of phenols is 1. The average molecular weight is 271 g/mol. The first kappa shape index (κ1) is 14.3. The van der Waals surface area contributed by atoms with Crippen LogP contribution in [0.15, 0.2) is 30.3 Å². The van der Waals surface area contributed by atoms with Crippen LogP contribution in [0.3, 0.4) is 0 Å². The fourth-order valence-corrected chi connectivity index (χ4v) is 2.21. The summed E-state index contributed by atoms with van der Waals surface area (Å²) in [6.45, 7) is 7.10. The largest absolute Gasteiger partial charge is 0.504 e. The van der Waals surface area contributed by atoms with Crippen LogP contribution < -0.4 is 10.1 Å². The maximum atomic E-state index is 9.76. The van der Waals surface area contributed by atoms with Gasteiger partial charge in [0, 0.05) is 18.3 Å². The van der Waals surface area contributed by atoms with Crippen LogP contribution in [0.4, 0.5) is 5.69 Å². The number of ether oxygens (including phenoxy) is 1. The van der Waals surface area contributed by atoms with E-state index in [4.69, 9.17) is 4.74 Å². The molecule has 0 bridgehead atoms. The fourth-order valence-electron chi connectivity index (χ4n) is 2.21. The molecule has 0 unspecified atom stereocenters. The lowest BCUT2D eigenvalue weighted by molar-refractivity contribution is 0.373. The molecule has 0 fully saturated rings. The van der Waals surface area contributed by atoms with Crippen LogP contribution in [0, 0.1) is 20.8 Å². The number of hydrogen-bond donors (Lipinski definition) is 2. The van der Waals surface area contributed by atoms with Gasteiger partial charge in [0.2, 0.25) is 0 Å². The van der Waals surface area contributed by atoms with Crippen LogP contribution >= 0.6 is 0 Å². The molecule has 0 saturated carbocycles. The molecule has 20 heavy (non-hydrogen) atoms. The lowest BCUT2D eigenvalue weighted by Gasteiger charge is -2.12. The number of anilines is 1. The molecule has 2 aromatic rings. The van der Waals surface area contributed by atoms with Gasteiger partial charge in [-0.1, -0.05) is 12.1 Å². The maximum absolute atomic E-state index is 9.76. The van der Waals surface area contributed by atoms with Crippen LogP contribution in [-0.2, 0) is 6.54 Å². The number of methoxy groups -OCH3 is 1. The van der Waals surface area contributed by atoms with Gasteiger partial charge in [-0.15, -0.1) is 0 Å². The first-order valence-corrected chi connectivity index (χ1v) is 6.69. The molecular weight excluding hydrogens is 250 g/mol. The van der Waals surface area contributed by atoms with Gasteiger partial charge in [0.15, 0.2) is 11.5 Å². The lowest BCUT2D eigenvalue weighted by atomic mass is 10.0. The Morgan fingerprint density at radius 1 is 1.00 bits per heavy atom. The second-order valence-electron chi connectivity index (χ2n) is 5.10. The summed E-state index contributed by atoms with van der Waals surface area (Å²) in [5, 5.41) is 13.1. The van der Waals surface area contributed by atoms with Crippen molar-refractivity contribution < 1.29 is 9.84 Å². The second kappa shape index (κ2) is 5.87. The van der Waals surface area contributed by atoms with E-state index in [2.05, 4.69) is 38.2 Å². The summed E-state index contributed by atoms with van der Waals surface area (Å²) in [4.78, 5) is 0. The minimum absolute atomic E-state index is 0.148. The highest BCUT2D eigenvalue weighted by Crippen LogP contribution is 2.29. The van der Waals surface area contributed by atoms with Crippen LogP contribution in [0.1, 0.15) is 22.3 Å². The Hall–Kier alpha value is -2.16. The van der Waals surface area contributed by atoms with E-state index in [-0.39, 0.29) is 5.75 Å². The molecule has 106 valence electrons. The zero-order valence-corrected chi connectivity index (χ0v) is 12.4. The Kier molecular flexibility index (Phi) is 4.18. The third kappa shape index (κ3) is 3.05. The van der Waals surface area contributed by atoms with E-state index in [9.17, 15) is 5.11 Å². The molecular formula is C17H21NO2. The van der Waals surface area contributed by atoms with Gasteiger partial charge in [-0.3, -0.25) is 0 Å². The first-order chi connectivity index (χ1) is 9.51. The number of nitrogens with one attached hydrogen (secondary N) is 1. The topological polar surface area (TPSA) is 41.5 Å². The summed E-state index contributed by atoms with van der Waals surface area (Å²) in [7, 11) is 1.54. The third-order valence-electron chi connectivity index (χ3n) is 3.61. The van der Waals surface area contributed by atoms with E-state index >= 15 is 0 Å². The Balaban J connectivity index is 2.13. The molecule has 2 aromatic carbocycles. The standard InChI is InChI=1S/C17H21NO2/c1-11-7-13(3)14(8-12(11)2)10-18-15-5-6-17(20-4)16(19)9-15/h5-9,18-19H,10H2,1-4H3. The van der Waals surface area contributed by atoms with Crippen molar-refractivity contribution in [1.29, 1.82) is 0 Å². The van der Waals surface area contributed by atoms with Crippen LogP contribution in [-0.4, -0.2) is 12.2 Å². The minimum atomic E-state index is 0.148. The number of aryl methyl sites for hydroxylation is 3. The highest BCUT2D eigenvalue weighted by atomic mass is 16.5. The summed E-state index contributed by atoms with van der Waals surface area (Å²) >= 11 is 0. The summed E-state index contributed by atoms with van der Waals surface area (Å²) in [6.07, 6.45) is 0. The van der Waals surface area contributed by atoms with E-state index < -0.39 is 0 Å². The van der Waals surface area contributed by atoms with E-state index in [1.807, 2.05) is 6.07 Å².